The van der Waals surface area contributed by atoms with E-state index in [4.69, 9.17) is 11.6 Å². The van der Waals surface area contributed by atoms with Gasteiger partial charge in [-0.1, -0.05) is 32.6 Å². The van der Waals surface area contributed by atoms with Crippen molar-refractivity contribution in [1.29, 1.82) is 0 Å². The van der Waals surface area contributed by atoms with Crippen LogP contribution in [0.5, 0.6) is 0 Å². The molecule has 0 radical (unpaired) electrons. The normalized spacial score (nSPS) is 11.7. The number of hydrogen-bond donors (Lipinski definition) is 0. The number of rotatable bonds is 7. The van der Waals surface area contributed by atoms with Crippen LogP contribution in [0, 0.1) is 10.1 Å². The highest BCUT2D eigenvalue weighted by atomic mass is 35.5. The number of nitrogens with zero attached hydrogens (tertiary/aromatic N) is 1. The van der Waals surface area contributed by atoms with Crippen LogP contribution in [0.2, 0.25) is 0 Å². The lowest BCUT2D eigenvalue weighted by atomic mass is 10.1. The van der Waals surface area contributed by atoms with Crippen LogP contribution in [0.1, 0.15) is 45.4 Å². The maximum Gasteiger partial charge on any atom is 0.333 e. The number of unbranched alkanes of at least 4 members (excludes halogenated alkanes) is 5. The smallest absolute Gasteiger partial charge is 0.257 e. The molecule has 3 nitrogen and oxygen atoms in total. The summed E-state index contributed by atoms with van der Waals surface area (Å²) in [5.41, 5.74) is 0. The van der Waals surface area contributed by atoms with E-state index >= 15 is 0 Å². The highest BCUT2D eigenvalue weighted by molar-refractivity contribution is 6.27. The molecule has 0 spiro atoms. The fourth-order valence-electron chi connectivity index (χ4n) is 1.04. The molecule has 0 bridgehead atoms. The quantitative estimate of drug-likeness (QED) is 0.275. The summed E-state index contributed by atoms with van der Waals surface area (Å²) < 4.78 is 0. The minimum Gasteiger partial charge on any atom is -0.257 e. The zero-order chi connectivity index (χ0) is 10.1. The fourth-order valence-corrected chi connectivity index (χ4v) is 1.15. The van der Waals surface area contributed by atoms with Gasteiger partial charge in [0.2, 0.25) is 0 Å². The molecule has 0 unspecified atom stereocenters. The van der Waals surface area contributed by atoms with Crippen LogP contribution >= 0.6 is 11.6 Å². The lowest BCUT2D eigenvalue weighted by Crippen LogP contribution is -1.90. The average Bonchev–Trinajstić information content (AvgIpc) is 2.10. The number of nitro groups is 1. The average molecular weight is 206 g/mol. The van der Waals surface area contributed by atoms with Crippen molar-refractivity contribution < 1.29 is 4.92 Å². The third-order valence-electron chi connectivity index (χ3n) is 1.79. The number of halogens is 1. The molecular weight excluding hydrogens is 190 g/mol. The standard InChI is InChI=1S/C9H16ClNO2/c1-2-3-4-5-6-7-8-9(10)11(12)13/h8H,2-7H2,1H3/b9-8+. The summed E-state index contributed by atoms with van der Waals surface area (Å²) in [6.45, 7) is 2.16. The molecule has 0 heterocycles. The van der Waals surface area contributed by atoms with Crippen molar-refractivity contribution in [3.63, 3.8) is 0 Å². The molecule has 0 aliphatic heterocycles. The Morgan fingerprint density at radius 2 is 2.00 bits per heavy atom. The summed E-state index contributed by atoms with van der Waals surface area (Å²) >= 11 is 5.32. The summed E-state index contributed by atoms with van der Waals surface area (Å²) in [4.78, 5) is 9.51. The minimum absolute atomic E-state index is 0.254. The van der Waals surface area contributed by atoms with Gasteiger partial charge >= 0.3 is 5.16 Å². The van der Waals surface area contributed by atoms with E-state index in [0.717, 1.165) is 12.8 Å². The van der Waals surface area contributed by atoms with E-state index in [-0.39, 0.29) is 5.16 Å². The molecule has 0 aromatic carbocycles. The van der Waals surface area contributed by atoms with Crippen LogP contribution in [-0.2, 0) is 0 Å². The second-order valence-electron chi connectivity index (χ2n) is 2.99. The second-order valence-corrected chi connectivity index (χ2v) is 3.37. The van der Waals surface area contributed by atoms with Gasteiger partial charge < -0.3 is 0 Å². The second kappa shape index (κ2) is 8.05. The summed E-state index contributed by atoms with van der Waals surface area (Å²) in [7, 11) is 0. The van der Waals surface area contributed by atoms with Crippen LogP contribution in [-0.4, -0.2) is 4.92 Å². The molecule has 0 saturated carbocycles. The third-order valence-corrected chi connectivity index (χ3v) is 2.09. The van der Waals surface area contributed by atoms with E-state index in [1.165, 1.54) is 25.3 Å². The SMILES string of the molecule is CCCCCCC/C=C(\Cl)[N+](=O)[O-]. The molecular formula is C9H16ClNO2. The predicted molar refractivity (Wildman–Crippen MR) is 54.3 cm³/mol. The van der Waals surface area contributed by atoms with Gasteiger partial charge in [0.05, 0.1) is 4.92 Å². The Labute approximate surface area is 83.9 Å². The predicted octanol–water partition coefficient (Wildman–Crippen LogP) is 3.70. The maximum atomic E-state index is 10.1. The molecule has 13 heavy (non-hydrogen) atoms. The fraction of sp³-hybridized carbons (Fsp3) is 0.778. The molecule has 0 aromatic rings. The van der Waals surface area contributed by atoms with Crippen molar-refractivity contribution in [2.45, 2.75) is 45.4 Å². The lowest BCUT2D eigenvalue weighted by Gasteiger charge is -1.95. The van der Waals surface area contributed by atoms with Gasteiger partial charge in [-0.3, -0.25) is 10.1 Å². The zero-order valence-electron chi connectivity index (χ0n) is 7.96. The van der Waals surface area contributed by atoms with Crippen LogP contribution in [0.15, 0.2) is 11.2 Å². The Balaban J connectivity index is 3.34. The van der Waals surface area contributed by atoms with Crippen molar-refractivity contribution >= 4 is 11.6 Å². The monoisotopic (exact) mass is 205 g/mol. The number of allylic oxidation sites excluding steroid dienone is 1. The first-order valence-corrected chi connectivity index (χ1v) is 5.06. The van der Waals surface area contributed by atoms with Gasteiger partial charge in [-0.15, -0.1) is 0 Å². The van der Waals surface area contributed by atoms with Crippen molar-refractivity contribution in [3.05, 3.63) is 21.3 Å². The topological polar surface area (TPSA) is 43.1 Å². The van der Waals surface area contributed by atoms with E-state index in [9.17, 15) is 10.1 Å². The molecule has 0 rings (SSSR count). The molecule has 76 valence electrons. The molecule has 4 heteroatoms. The van der Waals surface area contributed by atoms with Crippen molar-refractivity contribution in [2.24, 2.45) is 0 Å². The first kappa shape index (κ1) is 12.4. The van der Waals surface area contributed by atoms with Gasteiger partial charge in [0.1, 0.15) is 0 Å². The Kier molecular flexibility index (Phi) is 7.69. The Hall–Kier alpha value is -0.570. The Morgan fingerprint density at radius 3 is 2.54 bits per heavy atom. The Morgan fingerprint density at radius 1 is 1.38 bits per heavy atom. The van der Waals surface area contributed by atoms with Gasteiger partial charge in [-0.25, -0.2) is 0 Å². The Bertz CT molecular complexity index is 180. The van der Waals surface area contributed by atoms with Crippen molar-refractivity contribution in [3.8, 4) is 0 Å². The summed E-state index contributed by atoms with van der Waals surface area (Å²) in [6.07, 6.45) is 7.98. The molecule has 0 aliphatic rings. The first-order chi connectivity index (χ1) is 6.18. The molecule has 0 fully saturated rings. The minimum atomic E-state index is -0.562. The van der Waals surface area contributed by atoms with Gasteiger partial charge in [0, 0.05) is 6.08 Å². The van der Waals surface area contributed by atoms with E-state index in [0.29, 0.717) is 6.42 Å². The van der Waals surface area contributed by atoms with Crippen LogP contribution in [0.4, 0.5) is 0 Å². The van der Waals surface area contributed by atoms with Gasteiger partial charge in [0.15, 0.2) is 0 Å². The zero-order valence-corrected chi connectivity index (χ0v) is 8.72. The molecule has 0 atom stereocenters. The highest BCUT2D eigenvalue weighted by Crippen LogP contribution is 2.09. The summed E-state index contributed by atoms with van der Waals surface area (Å²) in [5.74, 6) is 0. The van der Waals surface area contributed by atoms with Crippen LogP contribution in [0.3, 0.4) is 0 Å². The van der Waals surface area contributed by atoms with Gasteiger partial charge in [-0.05, 0) is 24.4 Å². The third kappa shape index (κ3) is 7.78. The largest absolute Gasteiger partial charge is 0.333 e. The van der Waals surface area contributed by atoms with E-state index in [1.807, 2.05) is 0 Å². The van der Waals surface area contributed by atoms with Crippen LogP contribution in [0.25, 0.3) is 0 Å². The summed E-state index contributed by atoms with van der Waals surface area (Å²) in [5, 5.41) is 9.82. The summed E-state index contributed by atoms with van der Waals surface area (Å²) in [6, 6.07) is 0. The number of hydrogen-bond acceptors (Lipinski definition) is 2. The van der Waals surface area contributed by atoms with Crippen LogP contribution < -0.4 is 0 Å². The van der Waals surface area contributed by atoms with E-state index < -0.39 is 4.92 Å². The van der Waals surface area contributed by atoms with E-state index in [1.54, 1.807) is 0 Å². The van der Waals surface area contributed by atoms with Crippen molar-refractivity contribution in [1.82, 2.24) is 0 Å². The van der Waals surface area contributed by atoms with Gasteiger partial charge in [0.25, 0.3) is 0 Å². The van der Waals surface area contributed by atoms with Crippen molar-refractivity contribution in [2.75, 3.05) is 0 Å². The molecule has 0 N–H and O–H groups in total. The highest BCUT2D eigenvalue weighted by Gasteiger charge is 2.02. The molecule has 0 amide bonds. The van der Waals surface area contributed by atoms with E-state index in [2.05, 4.69) is 6.92 Å². The maximum absolute atomic E-state index is 10.1. The molecule has 0 aliphatic carbocycles. The molecule has 0 saturated heterocycles. The first-order valence-electron chi connectivity index (χ1n) is 4.68. The van der Waals surface area contributed by atoms with Gasteiger partial charge in [-0.2, -0.15) is 0 Å². The molecule has 0 aromatic heterocycles. The lowest BCUT2D eigenvalue weighted by molar-refractivity contribution is -0.412.